The average Bonchev–Trinajstić information content (AvgIpc) is 2.37. The minimum absolute atomic E-state index is 0. The molecule has 1 heterocycles. The second-order valence-electron chi connectivity index (χ2n) is 3.90. The van der Waals surface area contributed by atoms with Crippen molar-refractivity contribution in [3.8, 4) is 11.5 Å². The molecule has 0 saturated heterocycles. The summed E-state index contributed by atoms with van der Waals surface area (Å²) in [6.07, 6.45) is 0.938. The van der Waals surface area contributed by atoms with Crippen LogP contribution < -0.4 is 28.3 Å². The Morgan fingerprint density at radius 2 is 2.21 bits per heavy atom. The Morgan fingerprint density at radius 3 is 2.86 bits per heavy atom. The fraction of sp³-hybridized carbons (Fsp3) is 0.455. The maximum Gasteiger partial charge on any atom is 1.00 e. The van der Waals surface area contributed by atoms with Crippen molar-refractivity contribution in [1.82, 2.24) is 0 Å². The Bertz CT molecular complexity index is 334. The zero-order valence-electron chi connectivity index (χ0n) is 9.18. The van der Waals surface area contributed by atoms with Crippen LogP contribution in [-0.4, -0.2) is 12.7 Å². The van der Waals surface area contributed by atoms with Crippen LogP contribution >= 0.6 is 0 Å². The van der Waals surface area contributed by atoms with Gasteiger partial charge in [-0.25, -0.2) is 0 Å². The third-order valence-corrected chi connectivity index (χ3v) is 2.20. The Kier molecular flexibility index (Phi) is 3.19. The Balaban J connectivity index is 0.000000980. The summed E-state index contributed by atoms with van der Waals surface area (Å²) in [5, 5.41) is 0. The van der Waals surface area contributed by atoms with Gasteiger partial charge in [-0.05, 0) is 20.3 Å². The number of fused-ring (bicyclic) bond motifs is 1. The molecular formula is C11H13LiO2. The van der Waals surface area contributed by atoms with Crippen molar-refractivity contribution < 1.29 is 28.3 Å². The van der Waals surface area contributed by atoms with E-state index in [0.717, 1.165) is 12.2 Å². The van der Waals surface area contributed by atoms with Gasteiger partial charge < -0.3 is 9.47 Å². The molecule has 0 radical (unpaired) electrons. The van der Waals surface area contributed by atoms with Gasteiger partial charge in [-0.3, -0.25) is 0 Å². The molecule has 0 bridgehead atoms. The third kappa shape index (κ3) is 1.92. The van der Waals surface area contributed by atoms with E-state index in [-0.39, 0.29) is 24.5 Å². The van der Waals surface area contributed by atoms with Crippen LogP contribution in [0.1, 0.15) is 19.4 Å². The zero-order valence-corrected chi connectivity index (χ0v) is 9.18. The SMILES string of the molecule is COc1[c-]ccc2c1OC(C)(C)C2.[Li+]. The van der Waals surface area contributed by atoms with Crippen molar-refractivity contribution in [2.75, 3.05) is 7.11 Å². The van der Waals surface area contributed by atoms with Crippen molar-refractivity contribution >= 4 is 0 Å². The van der Waals surface area contributed by atoms with E-state index in [4.69, 9.17) is 9.47 Å². The molecule has 2 nitrogen and oxygen atoms in total. The van der Waals surface area contributed by atoms with Crippen LogP contribution in [0.2, 0.25) is 0 Å². The number of benzene rings is 1. The van der Waals surface area contributed by atoms with Crippen LogP contribution in [0.3, 0.4) is 0 Å². The molecule has 1 aliphatic rings. The largest absolute Gasteiger partial charge is 1.00 e. The van der Waals surface area contributed by atoms with E-state index < -0.39 is 0 Å². The quantitative estimate of drug-likeness (QED) is 0.421. The first-order valence-electron chi connectivity index (χ1n) is 4.39. The van der Waals surface area contributed by atoms with Crippen molar-refractivity contribution in [3.05, 3.63) is 23.8 Å². The molecule has 1 aromatic carbocycles. The van der Waals surface area contributed by atoms with E-state index in [9.17, 15) is 0 Å². The van der Waals surface area contributed by atoms with Gasteiger partial charge in [0.05, 0.1) is 18.5 Å². The van der Waals surface area contributed by atoms with Gasteiger partial charge in [-0.2, -0.15) is 12.1 Å². The maximum atomic E-state index is 5.76. The smallest absolute Gasteiger partial charge is 0.542 e. The zero-order chi connectivity index (χ0) is 9.47. The molecule has 3 heteroatoms. The van der Waals surface area contributed by atoms with Crippen LogP contribution in [0.15, 0.2) is 12.1 Å². The van der Waals surface area contributed by atoms with Gasteiger partial charge >= 0.3 is 18.9 Å². The maximum absolute atomic E-state index is 5.76. The molecule has 0 atom stereocenters. The molecule has 0 aromatic heterocycles. The first kappa shape index (κ1) is 11.5. The van der Waals surface area contributed by atoms with Crippen molar-refractivity contribution in [1.29, 1.82) is 0 Å². The minimum atomic E-state index is -0.106. The molecule has 0 saturated carbocycles. The monoisotopic (exact) mass is 184 g/mol. The molecular weight excluding hydrogens is 171 g/mol. The minimum Gasteiger partial charge on any atom is -0.542 e. The molecule has 1 aromatic rings. The standard InChI is InChI=1S/C11H13O2.Li/c1-11(2)7-8-5-4-6-9(12-3)10(8)13-11;/h4-5H,7H2,1-3H3;/q-1;+1. The Morgan fingerprint density at radius 1 is 1.50 bits per heavy atom. The first-order valence-corrected chi connectivity index (χ1v) is 4.39. The van der Waals surface area contributed by atoms with Crippen LogP contribution in [0.25, 0.3) is 0 Å². The summed E-state index contributed by atoms with van der Waals surface area (Å²) in [7, 11) is 1.64. The normalized spacial score (nSPS) is 16.5. The second-order valence-corrected chi connectivity index (χ2v) is 3.90. The predicted molar refractivity (Wildman–Crippen MR) is 50.2 cm³/mol. The second kappa shape index (κ2) is 3.88. The molecule has 0 unspecified atom stereocenters. The molecule has 0 amide bonds. The van der Waals surface area contributed by atoms with Gasteiger partial charge in [0.2, 0.25) is 0 Å². The van der Waals surface area contributed by atoms with Gasteiger partial charge in [-0.1, -0.05) is 0 Å². The van der Waals surface area contributed by atoms with E-state index >= 15 is 0 Å². The molecule has 0 spiro atoms. The van der Waals surface area contributed by atoms with E-state index in [1.807, 2.05) is 12.1 Å². The molecule has 70 valence electrons. The summed E-state index contributed by atoms with van der Waals surface area (Å²) in [6.45, 7) is 4.15. The van der Waals surface area contributed by atoms with Gasteiger partial charge in [-0.15, -0.1) is 11.6 Å². The Labute approximate surface area is 96.8 Å². The summed E-state index contributed by atoms with van der Waals surface area (Å²) in [6, 6.07) is 6.92. The van der Waals surface area contributed by atoms with Gasteiger partial charge in [0.25, 0.3) is 0 Å². The number of methoxy groups -OCH3 is 1. The van der Waals surface area contributed by atoms with E-state index in [2.05, 4.69) is 19.9 Å². The van der Waals surface area contributed by atoms with Crippen molar-refractivity contribution in [2.24, 2.45) is 0 Å². The Hall–Kier alpha value is -0.583. The van der Waals surface area contributed by atoms with E-state index in [0.29, 0.717) is 5.75 Å². The van der Waals surface area contributed by atoms with Gasteiger partial charge in [0, 0.05) is 5.75 Å². The summed E-state index contributed by atoms with van der Waals surface area (Å²) < 4.78 is 10.9. The summed E-state index contributed by atoms with van der Waals surface area (Å²) in [5.41, 5.74) is 1.10. The average molecular weight is 184 g/mol. The summed E-state index contributed by atoms with van der Waals surface area (Å²) in [5.74, 6) is 1.57. The predicted octanol–water partition coefficient (Wildman–Crippen LogP) is -0.787. The van der Waals surface area contributed by atoms with Crippen LogP contribution in [-0.2, 0) is 6.42 Å². The first-order chi connectivity index (χ1) is 6.12. The van der Waals surface area contributed by atoms with Gasteiger partial charge in [0.1, 0.15) is 0 Å². The van der Waals surface area contributed by atoms with Crippen molar-refractivity contribution in [2.45, 2.75) is 25.9 Å². The molecule has 2 rings (SSSR count). The van der Waals surface area contributed by atoms with Crippen LogP contribution in [0.4, 0.5) is 0 Å². The molecule has 0 fully saturated rings. The fourth-order valence-electron chi connectivity index (χ4n) is 1.68. The summed E-state index contributed by atoms with van der Waals surface area (Å²) in [4.78, 5) is 0. The summed E-state index contributed by atoms with van der Waals surface area (Å²) >= 11 is 0. The molecule has 0 N–H and O–H groups in total. The molecule has 0 aliphatic carbocycles. The van der Waals surface area contributed by atoms with E-state index in [1.54, 1.807) is 7.11 Å². The topological polar surface area (TPSA) is 18.5 Å². The third-order valence-electron chi connectivity index (χ3n) is 2.20. The van der Waals surface area contributed by atoms with E-state index in [1.165, 1.54) is 5.56 Å². The van der Waals surface area contributed by atoms with Crippen molar-refractivity contribution in [3.63, 3.8) is 0 Å². The van der Waals surface area contributed by atoms with Crippen LogP contribution in [0.5, 0.6) is 11.5 Å². The molecule has 1 aliphatic heterocycles. The molecule has 14 heavy (non-hydrogen) atoms. The number of ether oxygens (including phenoxy) is 2. The number of hydrogen-bond donors (Lipinski definition) is 0. The van der Waals surface area contributed by atoms with Crippen LogP contribution in [0, 0.1) is 6.07 Å². The number of rotatable bonds is 1. The van der Waals surface area contributed by atoms with Gasteiger partial charge in [0.15, 0.2) is 0 Å². The number of hydrogen-bond acceptors (Lipinski definition) is 2. The fourth-order valence-corrected chi connectivity index (χ4v) is 1.68.